The highest BCUT2D eigenvalue weighted by molar-refractivity contribution is 5.27. The molecule has 1 atom stereocenters. The predicted molar refractivity (Wildman–Crippen MR) is 68.7 cm³/mol. The molecule has 100 valence electrons. The maximum atomic E-state index is 13.1. The smallest absolute Gasteiger partial charge is 0.159 e. The topological polar surface area (TPSA) is 33.1 Å². The van der Waals surface area contributed by atoms with Crippen LogP contribution in [0.3, 0.4) is 0 Å². The van der Waals surface area contributed by atoms with E-state index in [0.717, 1.165) is 23.3 Å². The van der Waals surface area contributed by atoms with Gasteiger partial charge in [0.25, 0.3) is 0 Å². The number of halogens is 2. The van der Waals surface area contributed by atoms with Gasteiger partial charge in [-0.2, -0.15) is 0 Å². The summed E-state index contributed by atoms with van der Waals surface area (Å²) in [7, 11) is 0. The first-order chi connectivity index (χ1) is 8.97. The van der Waals surface area contributed by atoms with Crippen LogP contribution >= 0.6 is 0 Å². The van der Waals surface area contributed by atoms with Gasteiger partial charge in [0.05, 0.1) is 5.69 Å². The van der Waals surface area contributed by atoms with E-state index in [2.05, 4.69) is 4.98 Å². The molecule has 0 aliphatic rings. The quantitative estimate of drug-likeness (QED) is 0.922. The molecule has 0 radical (unpaired) electrons. The van der Waals surface area contributed by atoms with E-state index in [1.54, 1.807) is 6.20 Å². The van der Waals surface area contributed by atoms with Crippen LogP contribution in [0.15, 0.2) is 30.5 Å². The summed E-state index contributed by atoms with van der Waals surface area (Å²) in [5.74, 6) is -1.79. The first kappa shape index (κ1) is 13.6. The number of rotatable bonds is 3. The Morgan fingerprint density at radius 1 is 1.16 bits per heavy atom. The van der Waals surface area contributed by atoms with Crippen LogP contribution in [0.2, 0.25) is 0 Å². The number of benzene rings is 1. The number of hydrogen-bond acceptors (Lipinski definition) is 2. The molecule has 1 N–H and O–H groups in total. The van der Waals surface area contributed by atoms with Gasteiger partial charge in [0.2, 0.25) is 0 Å². The summed E-state index contributed by atoms with van der Waals surface area (Å²) < 4.78 is 25.9. The van der Waals surface area contributed by atoms with Gasteiger partial charge >= 0.3 is 0 Å². The minimum atomic E-state index is -0.904. The summed E-state index contributed by atoms with van der Waals surface area (Å²) in [4.78, 5) is 4.20. The fourth-order valence-corrected chi connectivity index (χ4v) is 2.06. The molecule has 1 unspecified atom stereocenters. The lowest BCUT2D eigenvalue weighted by Gasteiger charge is -2.13. The Balaban J connectivity index is 2.20. The van der Waals surface area contributed by atoms with E-state index in [1.165, 1.54) is 6.07 Å². The van der Waals surface area contributed by atoms with Crippen LogP contribution in [0, 0.1) is 25.5 Å². The van der Waals surface area contributed by atoms with Crippen molar-refractivity contribution in [3.63, 3.8) is 0 Å². The maximum Gasteiger partial charge on any atom is 0.159 e. The number of aliphatic hydroxyl groups excluding tert-OH is 1. The van der Waals surface area contributed by atoms with E-state index in [4.69, 9.17) is 0 Å². The Labute approximate surface area is 110 Å². The third kappa shape index (κ3) is 3.15. The van der Waals surface area contributed by atoms with Crippen LogP contribution in [0.4, 0.5) is 8.78 Å². The summed E-state index contributed by atoms with van der Waals surface area (Å²) in [6, 6.07) is 5.55. The molecular formula is C15H15F2NO. The number of aryl methyl sites for hydroxylation is 2. The van der Waals surface area contributed by atoms with Crippen molar-refractivity contribution >= 4 is 0 Å². The van der Waals surface area contributed by atoms with Crippen LogP contribution in [0.1, 0.15) is 28.5 Å². The Morgan fingerprint density at radius 3 is 2.53 bits per heavy atom. The summed E-state index contributed by atoms with van der Waals surface area (Å²) in [6.07, 6.45) is 1.05. The average molecular weight is 263 g/mol. The highest BCUT2D eigenvalue weighted by atomic mass is 19.2. The standard InChI is InChI=1S/C15H15F2NO/c1-9-5-10(2)15(18-8-9)14(19)7-11-3-4-12(16)13(17)6-11/h3-6,8,14,19H,7H2,1-2H3. The van der Waals surface area contributed by atoms with Crippen LogP contribution in [0.25, 0.3) is 0 Å². The number of aliphatic hydroxyl groups is 1. The third-order valence-corrected chi connectivity index (χ3v) is 2.98. The minimum absolute atomic E-state index is 0.202. The zero-order valence-electron chi connectivity index (χ0n) is 10.8. The van der Waals surface area contributed by atoms with Crippen LogP contribution < -0.4 is 0 Å². The van der Waals surface area contributed by atoms with Crippen molar-refractivity contribution in [3.05, 3.63) is 64.5 Å². The van der Waals surface area contributed by atoms with Gasteiger partial charge in [-0.3, -0.25) is 4.98 Å². The van der Waals surface area contributed by atoms with Gasteiger partial charge in [-0.05, 0) is 42.7 Å². The van der Waals surface area contributed by atoms with Crippen LogP contribution in [-0.4, -0.2) is 10.1 Å². The highest BCUT2D eigenvalue weighted by Crippen LogP contribution is 2.21. The Bertz CT molecular complexity index is 599. The number of hydrogen-bond donors (Lipinski definition) is 1. The predicted octanol–water partition coefficient (Wildman–Crippen LogP) is 3.25. The summed E-state index contributed by atoms with van der Waals surface area (Å²) >= 11 is 0. The average Bonchev–Trinajstić information content (AvgIpc) is 2.33. The molecule has 0 aliphatic carbocycles. The Kier molecular flexibility index (Phi) is 3.90. The molecule has 1 aromatic heterocycles. The molecule has 19 heavy (non-hydrogen) atoms. The first-order valence-electron chi connectivity index (χ1n) is 6.02. The number of nitrogens with zero attached hydrogens (tertiary/aromatic N) is 1. The van der Waals surface area contributed by atoms with E-state index in [1.807, 2.05) is 19.9 Å². The second-order valence-corrected chi connectivity index (χ2v) is 4.68. The van der Waals surface area contributed by atoms with Crippen LogP contribution in [0.5, 0.6) is 0 Å². The molecule has 0 bridgehead atoms. The van der Waals surface area contributed by atoms with Crippen molar-refractivity contribution in [2.45, 2.75) is 26.4 Å². The van der Waals surface area contributed by atoms with Gasteiger partial charge in [0.15, 0.2) is 11.6 Å². The lowest BCUT2D eigenvalue weighted by Crippen LogP contribution is -2.07. The second kappa shape index (κ2) is 5.45. The molecule has 2 aromatic rings. The van der Waals surface area contributed by atoms with Crippen molar-refractivity contribution < 1.29 is 13.9 Å². The molecule has 4 heteroatoms. The summed E-state index contributed by atoms with van der Waals surface area (Å²) in [5.41, 5.74) is 3.00. The largest absolute Gasteiger partial charge is 0.386 e. The number of aromatic nitrogens is 1. The van der Waals surface area contributed by atoms with E-state index in [-0.39, 0.29) is 6.42 Å². The lowest BCUT2D eigenvalue weighted by molar-refractivity contribution is 0.172. The zero-order chi connectivity index (χ0) is 14.0. The first-order valence-corrected chi connectivity index (χ1v) is 6.02. The second-order valence-electron chi connectivity index (χ2n) is 4.68. The molecule has 0 saturated heterocycles. The van der Waals surface area contributed by atoms with Crippen molar-refractivity contribution in [1.29, 1.82) is 0 Å². The number of pyridine rings is 1. The molecule has 1 heterocycles. The normalized spacial score (nSPS) is 12.5. The Morgan fingerprint density at radius 2 is 1.89 bits per heavy atom. The van der Waals surface area contributed by atoms with Gasteiger partial charge in [0.1, 0.15) is 6.10 Å². The third-order valence-electron chi connectivity index (χ3n) is 2.98. The molecular weight excluding hydrogens is 248 g/mol. The van der Waals surface area contributed by atoms with Crippen molar-refractivity contribution in [2.24, 2.45) is 0 Å². The summed E-state index contributed by atoms with van der Waals surface area (Å²) in [5, 5.41) is 10.1. The fourth-order valence-electron chi connectivity index (χ4n) is 2.06. The monoisotopic (exact) mass is 263 g/mol. The molecule has 0 spiro atoms. The molecule has 2 nitrogen and oxygen atoms in total. The fraction of sp³-hybridized carbons (Fsp3) is 0.267. The molecule has 0 amide bonds. The van der Waals surface area contributed by atoms with E-state index in [9.17, 15) is 13.9 Å². The van der Waals surface area contributed by atoms with Crippen molar-refractivity contribution in [1.82, 2.24) is 4.98 Å². The SMILES string of the molecule is Cc1cnc(C(O)Cc2ccc(F)c(F)c2)c(C)c1. The van der Waals surface area contributed by atoms with Gasteiger partial charge < -0.3 is 5.11 Å². The molecule has 0 saturated carbocycles. The van der Waals surface area contributed by atoms with E-state index >= 15 is 0 Å². The molecule has 1 aromatic carbocycles. The summed E-state index contributed by atoms with van der Waals surface area (Å²) in [6.45, 7) is 3.79. The maximum absolute atomic E-state index is 13.1. The molecule has 0 aliphatic heterocycles. The Hall–Kier alpha value is -1.81. The van der Waals surface area contributed by atoms with Gasteiger partial charge in [0, 0.05) is 12.6 Å². The highest BCUT2D eigenvalue weighted by Gasteiger charge is 2.14. The van der Waals surface area contributed by atoms with Crippen molar-refractivity contribution in [3.8, 4) is 0 Å². The molecule has 0 fully saturated rings. The zero-order valence-corrected chi connectivity index (χ0v) is 10.8. The lowest BCUT2D eigenvalue weighted by atomic mass is 10.0. The van der Waals surface area contributed by atoms with Gasteiger partial charge in [-0.25, -0.2) is 8.78 Å². The molecule has 2 rings (SSSR count). The van der Waals surface area contributed by atoms with Gasteiger partial charge in [-0.15, -0.1) is 0 Å². The van der Waals surface area contributed by atoms with Crippen molar-refractivity contribution in [2.75, 3.05) is 0 Å². The van der Waals surface area contributed by atoms with E-state index < -0.39 is 17.7 Å². The van der Waals surface area contributed by atoms with E-state index in [0.29, 0.717) is 11.3 Å². The van der Waals surface area contributed by atoms with Gasteiger partial charge in [-0.1, -0.05) is 12.1 Å². The van der Waals surface area contributed by atoms with Crippen LogP contribution in [-0.2, 0) is 6.42 Å². The minimum Gasteiger partial charge on any atom is -0.386 e.